The van der Waals surface area contributed by atoms with Crippen molar-refractivity contribution in [1.82, 2.24) is 14.9 Å². The van der Waals surface area contributed by atoms with E-state index in [1.54, 1.807) is 36.5 Å². The summed E-state index contributed by atoms with van der Waals surface area (Å²) in [6, 6.07) is 19.4. The smallest absolute Gasteiger partial charge is 0.337 e. The number of nitrogens with zero attached hydrogens (tertiary/aromatic N) is 3. The van der Waals surface area contributed by atoms with Crippen LogP contribution in [0.4, 0.5) is 11.4 Å². The molecule has 0 unspecified atom stereocenters. The quantitative estimate of drug-likeness (QED) is 0.228. The summed E-state index contributed by atoms with van der Waals surface area (Å²) in [6.45, 7) is 3.83. The number of ether oxygens (including phenoxy) is 1. The molecule has 41 heavy (non-hydrogen) atoms. The number of aryl methyl sites for hydroxylation is 1. The number of halogens is 1. The zero-order valence-electron chi connectivity index (χ0n) is 22.6. The van der Waals surface area contributed by atoms with E-state index >= 15 is 0 Å². The number of anilines is 2. The lowest BCUT2D eigenvalue weighted by Crippen LogP contribution is -2.29. The van der Waals surface area contributed by atoms with Gasteiger partial charge in [-0.05, 0) is 80.2 Å². The van der Waals surface area contributed by atoms with Crippen LogP contribution < -0.4 is 15.5 Å². The first-order valence-corrected chi connectivity index (χ1v) is 13.6. The van der Waals surface area contributed by atoms with E-state index in [1.165, 1.54) is 7.11 Å². The summed E-state index contributed by atoms with van der Waals surface area (Å²) in [5.74, 6) is -1.32. The molecule has 1 saturated heterocycles. The average molecular weight is 590 g/mol. The maximum Gasteiger partial charge on any atom is 0.337 e. The summed E-state index contributed by atoms with van der Waals surface area (Å²) < 4.78 is 6.85. The summed E-state index contributed by atoms with van der Waals surface area (Å²) >= 11 is 12.5. The molecular formula is C30H28ClN5O4S. The third-order valence-electron chi connectivity index (χ3n) is 7.04. The molecule has 0 saturated carbocycles. The van der Waals surface area contributed by atoms with Gasteiger partial charge in [-0.3, -0.25) is 9.78 Å². The van der Waals surface area contributed by atoms with Crippen LogP contribution in [-0.4, -0.2) is 45.4 Å². The molecular weight excluding hydrogens is 562 g/mol. The third-order valence-corrected chi connectivity index (χ3v) is 7.67. The Morgan fingerprint density at radius 2 is 1.88 bits per heavy atom. The molecule has 5 rings (SSSR count). The van der Waals surface area contributed by atoms with E-state index in [9.17, 15) is 14.7 Å². The fraction of sp³-hybridized carbons (Fsp3) is 0.200. The molecule has 1 amide bonds. The van der Waals surface area contributed by atoms with E-state index in [0.717, 1.165) is 28.3 Å². The molecule has 11 heteroatoms. The molecule has 210 valence electrons. The van der Waals surface area contributed by atoms with Crippen LogP contribution in [0.2, 0.25) is 5.02 Å². The van der Waals surface area contributed by atoms with Crippen molar-refractivity contribution >= 4 is 52.2 Å². The zero-order chi connectivity index (χ0) is 29.3. The maximum absolute atomic E-state index is 12.1. The van der Waals surface area contributed by atoms with Crippen molar-refractivity contribution in [3.05, 3.63) is 106 Å². The fourth-order valence-electron chi connectivity index (χ4n) is 5.33. The number of hydrogen-bond acceptors (Lipinski definition) is 5. The number of nitrogens with one attached hydrogen (secondary N) is 2. The minimum absolute atomic E-state index is 0.0906. The molecule has 0 aliphatic carbocycles. The Morgan fingerprint density at radius 3 is 2.56 bits per heavy atom. The van der Waals surface area contributed by atoms with Gasteiger partial charge in [-0.25, -0.2) is 4.79 Å². The lowest BCUT2D eigenvalue weighted by atomic mass is 9.96. The summed E-state index contributed by atoms with van der Waals surface area (Å²) in [6.07, 6.45) is 1.74. The standard InChI is InChI=1S/C30H28ClN5O4S/c1-17-14-21(18(2)35(17)25-10-5-4-8-20(25)29(38)39)28-27(24-9-6-7-13-32-24)34-30(41)36(28)19-11-12-23(22(31)15-19)33-26(37)16-40-3/h4-15,27-28H,16H2,1-3H3,(H,33,37)(H,34,41)(H,38,39)/t27-,28+/m1/s1. The number of para-hydroxylation sites is 1. The fourth-order valence-corrected chi connectivity index (χ4v) is 5.90. The highest BCUT2D eigenvalue weighted by molar-refractivity contribution is 7.80. The predicted molar refractivity (Wildman–Crippen MR) is 162 cm³/mol. The number of carbonyl (C=O) groups excluding carboxylic acids is 1. The number of methoxy groups -OCH3 is 1. The molecule has 3 N–H and O–H groups in total. The van der Waals surface area contributed by atoms with Gasteiger partial charge in [0.2, 0.25) is 5.91 Å². The van der Waals surface area contributed by atoms with E-state index in [2.05, 4.69) is 21.7 Å². The lowest BCUT2D eigenvalue weighted by molar-refractivity contribution is -0.119. The first-order chi connectivity index (χ1) is 19.7. The Balaban J connectivity index is 1.63. The van der Waals surface area contributed by atoms with Gasteiger partial charge in [0.15, 0.2) is 5.11 Å². The van der Waals surface area contributed by atoms with Gasteiger partial charge in [0.1, 0.15) is 6.61 Å². The largest absolute Gasteiger partial charge is 0.478 e. The summed E-state index contributed by atoms with van der Waals surface area (Å²) in [4.78, 5) is 30.7. The van der Waals surface area contributed by atoms with E-state index in [0.29, 0.717) is 21.5 Å². The average Bonchev–Trinajstić information content (AvgIpc) is 3.45. The van der Waals surface area contributed by atoms with E-state index in [-0.39, 0.29) is 30.2 Å². The monoisotopic (exact) mass is 589 g/mol. The second kappa shape index (κ2) is 11.7. The minimum Gasteiger partial charge on any atom is -0.478 e. The number of carboxylic acid groups (broad SMARTS) is 1. The number of aromatic carboxylic acids is 1. The van der Waals surface area contributed by atoms with Crippen LogP contribution in [0.15, 0.2) is 72.9 Å². The van der Waals surface area contributed by atoms with Crippen LogP contribution in [0.1, 0.15) is 45.1 Å². The van der Waals surface area contributed by atoms with Gasteiger partial charge in [0, 0.05) is 30.4 Å². The van der Waals surface area contributed by atoms with Gasteiger partial charge in [-0.2, -0.15) is 0 Å². The molecule has 9 nitrogen and oxygen atoms in total. The molecule has 1 aliphatic heterocycles. The Kier molecular flexibility index (Phi) is 8.07. The van der Waals surface area contributed by atoms with Crippen molar-refractivity contribution in [2.24, 2.45) is 0 Å². The Bertz CT molecular complexity index is 1640. The second-order valence-corrected chi connectivity index (χ2v) is 10.4. The van der Waals surface area contributed by atoms with Crippen molar-refractivity contribution in [3.63, 3.8) is 0 Å². The van der Waals surface area contributed by atoms with E-state index in [4.69, 9.17) is 28.6 Å². The summed E-state index contributed by atoms with van der Waals surface area (Å²) in [5, 5.41) is 16.9. The molecule has 2 aromatic heterocycles. The molecule has 0 bridgehead atoms. The van der Waals surface area contributed by atoms with E-state index in [1.807, 2.05) is 53.6 Å². The Morgan fingerprint density at radius 1 is 1.12 bits per heavy atom. The van der Waals surface area contributed by atoms with Crippen molar-refractivity contribution in [3.8, 4) is 5.69 Å². The first kappa shape index (κ1) is 28.3. The second-order valence-electron chi connectivity index (χ2n) is 9.63. The van der Waals surface area contributed by atoms with Crippen LogP contribution in [-0.2, 0) is 9.53 Å². The topological polar surface area (TPSA) is 109 Å². The number of rotatable bonds is 8. The lowest BCUT2D eigenvalue weighted by Gasteiger charge is -2.28. The SMILES string of the molecule is COCC(=O)Nc1ccc(N2C(=S)N[C@H](c3ccccn3)[C@@H]2c2cc(C)n(-c3ccccc3C(=O)O)c2C)cc1Cl. The number of carboxylic acids is 1. The normalized spacial score (nSPS) is 16.5. The highest BCUT2D eigenvalue weighted by Crippen LogP contribution is 2.45. The number of amides is 1. The number of pyridine rings is 1. The number of hydrogen-bond donors (Lipinski definition) is 3. The van der Waals surface area contributed by atoms with Gasteiger partial charge >= 0.3 is 5.97 Å². The molecule has 2 aromatic carbocycles. The van der Waals surface area contributed by atoms with Crippen molar-refractivity contribution in [2.75, 3.05) is 23.9 Å². The van der Waals surface area contributed by atoms with Crippen LogP contribution in [0.25, 0.3) is 5.69 Å². The maximum atomic E-state index is 12.1. The summed E-state index contributed by atoms with van der Waals surface area (Å²) in [5.41, 5.74) is 5.44. The van der Waals surface area contributed by atoms with Gasteiger partial charge < -0.3 is 29.9 Å². The highest BCUT2D eigenvalue weighted by Gasteiger charge is 2.42. The zero-order valence-corrected chi connectivity index (χ0v) is 24.2. The summed E-state index contributed by atoms with van der Waals surface area (Å²) in [7, 11) is 1.45. The number of carbonyl (C=O) groups is 2. The molecule has 2 atom stereocenters. The first-order valence-electron chi connectivity index (χ1n) is 12.8. The molecule has 3 heterocycles. The van der Waals surface area contributed by atoms with Crippen molar-refractivity contribution in [2.45, 2.75) is 25.9 Å². The highest BCUT2D eigenvalue weighted by atomic mass is 35.5. The number of benzene rings is 2. The molecule has 4 aromatic rings. The van der Waals surface area contributed by atoms with Crippen LogP contribution in [0, 0.1) is 13.8 Å². The minimum atomic E-state index is -1.00. The van der Waals surface area contributed by atoms with E-state index < -0.39 is 5.97 Å². The molecule has 0 spiro atoms. The van der Waals surface area contributed by atoms with Crippen LogP contribution in [0.3, 0.4) is 0 Å². The van der Waals surface area contributed by atoms with Crippen LogP contribution in [0.5, 0.6) is 0 Å². The van der Waals surface area contributed by atoms with Gasteiger partial charge in [-0.15, -0.1) is 0 Å². The van der Waals surface area contributed by atoms with Crippen molar-refractivity contribution < 1.29 is 19.4 Å². The van der Waals surface area contributed by atoms with Crippen molar-refractivity contribution in [1.29, 1.82) is 0 Å². The Labute approximate surface area is 247 Å². The third kappa shape index (κ3) is 5.41. The number of thiocarbonyl (C=S) groups is 1. The van der Waals surface area contributed by atoms with Gasteiger partial charge in [-0.1, -0.05) is 29.8 Å². The molecule has 1 aliphatic rings. The molecule has 1 fully saturated rings. The predicted octanol–water partition coefficient (Wildman–Crippen LogP) is 5.60. The van der Waals surface area contributed by atoms with Crippen LogP contribution >= 0.6 is 23.8 Å². The Hall–Kier alpha value is -4.25. The van der Waals surface area contributed by atoms with Gasteiger partial charge in [0.05, 0.1) is 39.7 Å². The van der Waals surface area contributed by atoms with Gasteiger partial charge in [0.25, 0.3) is 0 Å². The number of aromatic nitrogens is 2. The molecule has 0 radical (unpaired) electrons.